The molecule has 3 heterocycles. The van der Waals surface area contributed by atoms with Crippen LogP contribution in [0.3, 0.4) is 0 Å². The first-order valence-electron chi connectivity index (χ1n) is 18.3. The minimum atomic E-state index is -3.89. The van der Waals surface area contributed by atoms with E-state index in [9.17, 15) is 32.4 Å². The van der Waals surface area contributed by atoms with Crippen molar-refractivity contribution in [1.29, 1.82) is 0 Å². The van der Waals surface area contributed by atoms with Crippen molar-refractivity contribution in [1.82, 2.24) is 30.2 Å². The number of amides is 4. The van der Waals surface area contributed by atoms with Gasteiger partial charge in [-0.25, -0.2) is 23.0 Å². The number of allylic oxidation sites excluding steroid dienone is 1. The van der Waals surface area contributed by atoms with Crippen molar-refractivity contribution in [3.63, 3.8) is 0 Å². The molecule has 0 unspecified atom stereocenters. The van der Waals surface area contributed by atoms with Crippen molar-refractivity contribution >= 4 is 56.9 Å². The number of imidazole rings is 1. The van der Waals surface area contributed by atoms with Crippen LogP contribution in [0.1, 0.15) is 103 Å². The molecule has 288 valence electrons. The fourth-order valence-electron chi connectivity index (χ4n) is 7.15. The highest BCUT2D eigenvalue weighted by Gasteiger charge is 2.62. The second kappa shape index (κ2) is 14.1. The largest absolute Gasteiger partial charge is 0.455 e. The fourth-order valence-corrected chi connectivity index (χ4v) is 8.52. The summed E-state index contributed by atoms with van der Waals surface area (Å²) in [6.45, 7) is 11.0. The number of rotatable bonds is 6. The van der Waals surface area contributed by atoms with Crippen molar-refractivity contribution in [2.24, 2.45) is 16.7 Å². The molecule has 6 rings (SSSR count). The molecule has 1 saturated heterocycles. The highest BCUT2D eigenvalue weighted by atomic mass is 32.2. The summed E-state index contributed by atoms with van der Waals surface area (Å²) in [5.41, 5.74) is -0.753. The zero-order valence-electron chi connectivity index (χ0n) is 31.1. The lowest BCUT2D eigenvalue weighted by Gasteiger charge is -2.35. The Kier molecular flexibility index (Phi) is 10.2. The molecule has 53 heavy (non-hydrogen) atoms. The number of aromatic nitrogens is 2. The molecule has 5 atom stereocenters. The molecule has 2 aliphatic heterocycles. The van der Waals surface area contributed by atoms with E-state index in [1.54, 1.807) is 26.8 Å². The third-order valence-electron chi connectivity index (χ3n) is 10.7. The molecule has 2 aromatic rings. The number of benzene rings is 1. The zero-order chi connectivity index (χ0) is 38.5. The van der Waals surface area contributed by atoms with Crippen LogP contribution in [0.2, 0.25) is 0 Å². The van der Waals surface area contributed by atoms with Gasteiger partial charge in [-0.2, -0.15) is 0 Å². The van der Waals surface area contributed by atoms with E-state index in [-0.39, 0.29) is 37.7 Å². The van der Waals surface area contributed by atoms with Crippen LogP contribution in [0, 0.1) is 16.7 Å². The summed E-state index contributed by atoms with van der Waals surface area (Å²) >= 11 is 0. The average molecular weight is 755 g/mol. The summed E-state index contributed by atoms with van der Waals surface area (Å²) in [6, 6.07) is 3.13. The SMILES string of the molecule is CC[C@@H]1C[C@]1(NC(=O)[C@@H]1C[C@@H]2CN1C(=O)[C@H](C(C)(C)C)NC(=O)OCC(C)(C)CCC=Cc1cccc3[nH]c(nc13)C(=O)O2)C(=O)NS(=O)(=O)C1CC1. The van der Waals surface area contributed by atoms with Gasteiger partial charge in [-0.15, -0.1) is 0 Å². The van der Waals surface area contributed by atoms with Gasteiger partial charge in [-0.1, -0.05) is 72.2 Å². The molecule has 0 radical (unpaired) electrons. The third kappa shape index (κ3) is 8.21. The highest BCUT2D eigenvalue weighted by molar-refractivity contribution is 7.91. The number of hydrogen-bond donors (Lipinski definition) is 4. The number of para-hydroxylation sites is 1. The van der Waals surface area contributed by atoms with Gasteiger partial charge in [-0.3, -0.25) is 19.1 Å². The van der Waals surface area contributed by atoms with Crippen LogP contribution >= 0.6 is 0 Å². The van der Waals surface area contributed by atoms with E-state index in [0.29, 0.717) is 43.1 Å². The number of aromatic amines is 1. The molecule has 1 aromatic heterocycles. The molecule has 4 N–H and O–H groups in total. The molecule has 15 nitrogen and oxygen atoms in total. The zero-order valence-corrected chi connectivity index (χ0v) is 31.9. The Labute approximate surface area is 309 Å². The molecular formula is C37H50N6O9S. The van der Waals surface area contributed by atoms with Crippen molar-refractivity contribution in [3.05, 3.63) is 35.7 Å². The second-order valence-electron chi connectivity index (χ2n) is 16.7. The second-order valence-corrected chi connectivity index (χ2v) is 18.6. The number of cyclic esters (lactones) is 1. The Hall–Kier alpha value is -4.47. The van der Waals surface area contributed by atoms with E-state index in [0.717, 1.165) is 5.56 Å². The third-order valence-corrected chi connectivity index (χ3v) is 12.5. The summed E-state index contributed by atoms with van der Waals surface area (Å²) < 4.78 is 39.0. The Bertz CT molecular complexity index is 1950. The fraction of sp³-hybridized carbons (Fsp3) is 0.622. The van der Waals surface area contributed by atoms with Gasteiger partial charge in [0.15, 0.2) is 0 Å². The first-order valence-corrected chi connectivity index (χ1v) is 19.9. The molecule has 0 spiro atoms. The molecule has 3 fully saturated rings. The lowest BCUT2D eigenvalue weighted by molar-refractivity contribution is -0.143. The predicted octanol–water partition coefficient (Wildman–Crippen LogP) is 3.56. The Balaban J connectivity index is 1.32. The van der Waals surface area contributed by atoms with Crippen molar-refractivity contribution < 1.29 is 41.9 Å². The van der Waals surface area contributed by atoms with E-state index >= 15 is 0 Å². The van der Waals surface area contributed by atoms with Gasteiger partial charge in [0.2, 0.25) is 27.7 Å². The van der Waals surface area contributed by atoms with Crippen molar-refractivity contribution in [2.45, 2.75) is 115 Å². The maximum atomic E-state index is 14.5. The maximum absolute atomic E-state index is 14.5. The number of hydrogen-bond acceptors (Lipinski definition) is 10. The smallest absolute Gasteiger partial charge is 0.407 e. The van der Waals surface area contributed by atoms with E-state index in [1.165, 1.54) is 4.90 Å². The van der Waals surface area contributed by atoms with Crippen molar-refractivity contribution in [2.75, 3.05) is 13.2 Å². The van der Waals surface area contributed by atoms with Crippen molar-refractivity contribution in [3.8, 4) is 0 Å². The average Bonchev–Trinajstić information content (AvgIpc) is 3.97. The number of nitrogens with zero attached hydrogens (tertiary/aromatic N) is 2. The van der Waals surface area contributed by atoms with Gasteiger partial charge in [0.05, 0.1) is 29.4 Å². The van der Waals surface area contributed by atoms with Gasteiger partial charge in [-0.05, 0) is 54.9 Å². The quantitative estimate of drug-likeness (QED) is 0.316. The van der Waals surface area contributed by atoms with Crippen LogP contribution in [-0.4, -0.2) is 95.2 Å². The minimum absolute atomic E-state index is 0.0459. The summed E-state index contributed by atoms with van der Waals surface area (Å²) in [7, 11) is -3.89. The number of carbonyl (C=O) groups excluding carboxylic acids is 5. The molecule has 16 heteroatoms. The molecular weight excluding hydrogens is 705 g/mol. The Morgan fingerprint density at radius 3 is 2.53 bits per heavy atom. The molecule has 1 aromatic carbocycles. The monoisotopic (exact) mass is 754 g/mol. The molecule has 2 saturated carbocycles. The van der Waals surface area contributed by atoms with Crippen LogP contribution < -0.4 is 15.4 Å². The van der Waals surface area contributed by atoms with E-state index < -0.39 is 79.6 Å². The molecule has 4 bridgehead atoms. The van der Waals surface area contributed by atoms with Gasteiger partial charge >= 0.3 is 12.1 Å². The lowest BCUT2D eigenvalue weighted by atomic mass is 9.85. The first kappa shape index (κ1) is 38.3. The van der Waals surface area contributed by atoms with E-state index in [4.69, 9.17) is 9.47 Å². The van der Waals surface area contributed by atoms with Gasteiger partial charge in [0, 0.05) is 12.0 Å². The summed E-state index contributed by atoms with van der Waals surface area (Å²) in [6.07, 6.45) is 5.03. The normalized spacial score (nSPS) is 28.2. The van der Waals surface area contributed by atoms with Crippen LogP contribution in [0.25, 0.3) is 17.1 Å². The number of carbonyl (C=O) groups is 5. The summed E-state index contributed by atoms with van der Waals surface area (Å²) in [5, 5.41) is 4.87. The molecule has 4 amide bonds. The highest BCUT2D eigenvalue weighted by Crippen LogP contribution is 2.47. The van der Waals surface area contributed by atoms with Gasteiger partial charge in [0.25, 0.3) is 5.91 Å². The molecule has 4 aliphatic rings. The van der Waals surface area contributed by atoms with Crippen LogP contribution in [-0.2, 0) is 33.9 Å². The van der Waals surface area contributed by atoms with Crippen LogP contribution in [0.15, 0.2) is 24.3 Å². The summed E-state index contributed by atoms with van der Waals surface area (Å²) in [5.74, 6) is -3.29. The standard InChI is InChI=1S/C37H50N6O9S/c1-7-22-18-37(22,33(47)42-53(49,50)24-14-15-24)41-30(44)26-17-23-19-43(26)31(45)28(35(2,3)4)40-34(48)51-20-36(5,6)16-9-8-11-21-12-10-13-25-27(21)39-29(38-25)32(46)52-23/h8,10-13,22-24,26,28H,7,9,14-20H2,1-6H3,(H,38,39)(H,40,48)(H,41,44)(H,42,47)/t22-,23-,26+,28-,37-/m1/s1. The number of H-pyrrole nitrogens is 1. The number of ether oxygens (including phenoxy) is 2. The number of fused-ring (bicyclic) bond motifs is 3. The topological polar surface area (TPSA) is 206 Å². The first-order chi connectivity index (χ1) is 24.8. The van der Waals surface area contributed by atoms with Gasteiger partial charge in [0.1, 0.15) is 23.7 Å². The number of alkyl carbamates (subject to hydrolysis) is 1. The van der Waals surface area contributed by atoms with Gasteiger partial charge < -0.3 is 30.0 Å². The van der Waals surface area contributed by atoms with Crippen LogP contribution in [0.4, 0.5) is 4.79 Å². The predicted molar refractivity (Wildman–Crippen MR) is 195 cm³/mol. The number of esters is 1. The Morgan fingerprint density at radius 1 is 1.13 bits per heavy atom. The summed E-state index contributed by atoms with van der Waals surface area (Å²) in [4.78, 5) is 77.7. The lowest BCUT2D eigenvalue weighted by Crippen LogP contribution is -2.60. The Morgan fingerprint density at radius 2 is 1.87 bits per heavy atom. The van der Waals surface area contributed by atoms with E-state index in [1.807, 2.05) is 45.1 Å². The van der Waals surface area contributed by atoms with Crippen LogP contribution in [0.5, 0.6) is 0 Å². The number of nitrogens with one attached hydrogen (secondary N) is 4. The maximum Gasteiger partial charge on any atom is 0.407 e. The van der Waals surface area contributed by atoms with E-state index in [2.05, 4.69) is 25.3 Å². The minimum Gasteiger partial charge on any atom is -0.455 e. The number of sulfonamides is 1. The molecule has 2 aliphatic carbocycles.